The van der Waals surface area contributed by atoms with Crippen LogP contribution in [0.25, 0.3) is 10.8 Å². The maximum absolute atomic E-state index is 6.98. The molecule has 3 aromatic carbocycles. The molecule has 3 aliphatic rings. The molecule has 1 spiro atoms. The first-order chi connectivity index (χ1) is 15.4. The minimum absolute atomic E-state index is 0.329. The van der Waals surface area contributed by atoms with Gasteiger partial charge >= 0.3 is 0 Å². The molecule has 0 bridgehead atoms. The topological polar surface area (TPSA) is 54.1 Å². The second-order valence-corrected chi connectivity index (χ2v) is 9.85. The van der Waals surface area contributed by atoms with Gasteiger partial charge in [-0.2, -0.15) is 0 Å². The molecule has 0 radical (unpaired) electrons. The Bertz CT molecular complexity index is 1260. The van der Waals surface area contributed by atoms with Crippen molar-refractivity contribution in [3.63, 3.8) is 0 Å². The summed E-state index contributed by atoms with van der Waals surface area (Å²) in [6.45, 7) is 6.62. The molecule has 1 atom stereocenters. The Morgan fingerprint density at radius 3 is 2.47 bits per heavy atom. The lowest BCUT2D eigenvalue weighted by Crippen LogP contribution is -2.61. The number of fused-ring (bicyclic) bond motifs is 4. The summed E-state index contributed by atoms with van der Waals surface area (Å²) in [5, 5.41) is 2.40. The van der Waals surface area contributed by atoms with Crippen molar-refractivity contribution < 1.29 is 4.74 Å². The van der Waals surface area contributed by atoms with E-state index in [1.54, 1.807) is 0 Å². The molecule has 0 amide bonds. The summed E-state index contributed by atoms with van der Waals surface area (Å²) in [7, 11) is 2.09. The quantitative estimate of drug-likeness (QED) is 0.512. The van der Waals surface area contributed by atoms with Gasteiger partial charge in [-0.25, -0.2) is 0 Å². The van der Waals surface area contributed by atoms with Gasteiger partial charge in [0.15, 0.2) is 5.75 Å². The summed E-state index contributed by atoms with van der Waals surface area (Å²) in [4.78, 5) is 9.78. The Balaban J connectivity index is 1.53. The van der Waals surface area contributed by atoms with Crippen LogP contribution in [0.3, 0.4) is 0 Å². The Morgan fingerprint density at radius 2 is 1.69 bits per heavy atom. The lowest BCUT2D eigenvalue weighted by atomic mass is 9.77. The number of anilines is 3. The molecule has 3 aromatic rings. The Hall–Kier alpha value is -3.21. The molecular weight excluding hydrogens is 396 g/mol. The number of ether oxygens (including phenoxy) is 1. The highest BCUT2D eigenvalue weighted by atomic mass is 16.5. The summed E-state index contributed by atoms with van der Waals surface area (Å²) in [6.07, 6.45) is 5.78. The summed E-state index contributed by atoms with van der Waals surface area (Å²) in [5.74, 6) is 0.854. The van der Waals surface area contributed by atoms with Crippen molar-refractivity contribution in [1.29, 1.82) is 0 Å². The smallest absolute Gasteiger partial charge is 0.228 e. The largest absolute Gasteiger partial charge is 0.459 e. The molecule has 1 unspecified atom stereocenters. The van der Waals surface area contributed by atoms with Crippen molar-refractivity contribution in [2.45, 2.75) is 44.2 Å². The van der Waals surface area contributed by atoms with Gasteiger partial charge in [0.2, 0.25) is 5.72 Å². The van der Waals surface area contributed by atoms with E-state index in [4.69, 9.17) is 15.5 Å². The van der Waals surface area contributed by atoms with Gasteiger partial charge in [-0.3, -0.25) is 4.99 Å². The van der Waals surface area contributed by atoms with Crippen LogP contribution in [0.1, 0.15) is 38.7 Å². The zero-order valence-corrected chi connectivity index (χ0v) is 19.1. The number of hydrogen-bond donors (Lipinski definition) is 1. The Morgan fingerprint density at radius 1 is 0.938 bits per heavy atom. The molecule has 6 rings (SSSR count). The molecule has 1 fully saturated rings. The molecule has 0 aliphatic carbocycles. The molecule has 164 valence electrons. The summed E-state index contributed by atoms with van der Waals surface area (Å²) in [6, 6.07) is 16.9. The van der Waals surface area contributed by atoms with Crippen LogP contribution in [0.4, 0.5) is 22.7 Å². The monoisotopic (exact) mass is 426 g/mol. The van der Waals surface area contributed by atoms with E-state index < -0.39 is 5.72 Å². The highest BCUT2D eigenvalue weighted by Crippen LogP contribution is 2.55. The van der Waals surface area contributed by atoms with Crippen LogP contribution < -0.4 is 20.3 Å². The second-order valence-electron chi connectivity index (χ2n) is 9.85. The fourth-order valence-corrected chi connectivity index (χ4v) is 5.85. The van der Waals surface area contributed by atoms with Crippen LogP contribution in [0.5, 0.6) is 5.75 Å². The highest BCUT2D eigenvalue weighted by Gasteiger charge is 2.58. The van der Waals surface area contributed by atoms with Crippen molar-refractivity contribution in [3.05, 3.63) is 54.1 Å². The molecule has 2 N–H and O–H groups in total. The second kappa shape index (κ2) is 6.64. The first-order valence-corrected chi connectivity index (χ1v) is 11.6. The van der Waals surface area contributed by atoms with Crippen LogP contribution in [0.15, 0.2) is 53.5 Å². The van der Waals surface area contributed by atoms with Gasteiger partial charge in [-0.15, -0.1) is 0 Å². The number of aliphatic imine (C=N–C) groups is 1. The van der Waals surface area contributed by atoms with Crippen molar-refractivity contribution >= 4 is 39.7 Å². The normalized spacial score (nSPS) is 23.3. The third-order valence-electron chi connectivity index (χ3n) is 7.74. The predicted octanol–water partition coefficient (Wildman–Crippen LogP) is 5.63. The van der Waals surface area contributed by atoms with Crippen molar-refractivity contribution in [2.24, 2.45) is 4.99 Å². The van der Waals surface area contributed by atoms with Crippen LogP contribution in [0.2, 0.25) is 0 Å². The van der Waals surface area contributed by atoms with Crippen LogP contribution in [-0.2, 0) is 5.41 Å². The van der Waals surface area contributed by atoms with Crippen molar-refractivity contribution in [1.82, 2.24) is 0 Å². The number of likely N-dealkylation sites (N-methyl/N-ethyl adjacent to an activating group) is 1. The SMILES string of the molecule is CN1c2ccc(N)cc2C(C)(C)C12C=Nc1c(cc(N3CCCCC3)c3ccccc13)O2. The minimum Gasteiger partial charge on any atom is -0.459 e. The standard InChI is InChI=1S/C27H30N4O/c1-26(2)21-15-18(28)11-12-22(21)30(3)27(26)17-29-25-20-10-6-5-9-19(20)23(16-24(25)32-27)31-13-7-4-8-14-31/h5-6,9-12,15-17H,4,7-8,13-14,28H2,1-3H3. The minimum atomic E-state index is -0.711. The van der Waals surface area contributed by atoms with E-state index in [2.05, 4.69) is 73.2 Å². The third-order valence-corrected chi connectivity index (χ3v) is 7.74. The number of nitrogens with two attached hydrogens (primary N) is 1. The zero-order valence-electron chi connectivity index (χ0n) is 19.1. The molecule has 3 heterocycles. The maximum atomic E-state index is 6.98. The van der Waals surface area contributed by atoms with Crippen LogP contribution in [-0.4, -0.2) is 32.1 Å². The first kappa shape index (κ1) is 19.5. The van der Waals surface area contributed by atoms with Crippen molar-refractivity contribution in [3.8, 4) is 5.75 Å². The average Bonchev–Trinajstić information content (AvgIpc) is 2.97. The third kappa shape index (κ3) is 2.48. The zero-order chi connectivity index (χ0) is 22.1. The van der Waals surface area contributed by atoms with E-state index in [-0.39, 0.29) is 5.41 Å². The van der Waals surface area contributed by atoms with Gasteiger partial charge in [-0.05, 0) is 56.9 Å². The lowest BCUT2D eigenvalue weighted by Gasteiger charge is -2.45. The van der Waals surface area contributed by atoms with Gasteiger partial charge in [-0.1, -0.05) is 24.3 Å². The number of hydrogen-bond acceptors (Lipinski definition) is 5. The van der Waals surface area contributed by atoms with E-state index in [1.807, 2.05) is 12.3 Å². The van der Waals surface area contributed by atoms with E-state index in [0.717, 1.165) is 41.3 Å². The van der Waals surface area contributed by atoms with E-state index in [1.165, 1.54) is 35.9 Å². The van der Waals surface area contributed by atoms with Gasteiger partial charge in [0, 0.05) is 54.0 Å². The summed E-state index contributed by atoms with van der Waals surface area (Å²) in [5.41, 5.74) is 10.4. The van der Waals surface area contributed by atoms with Gasteiger partial charge in [0.1, 0.15) is 5.69 Å². The fraction of sp³-hybridized carbons (Fsp3) is 0.370. The van der Waals surface area contributed by atoms with Gasteiger partial charge in [0.05, 0.1) is 11.6 Å². The molecule has 0 saturated carbocycles. The van der Waals surface area contributed by atoms with Crippen LogP contribution >= 0.6 is 0 Å². The number of nitrogens with zero attached hydrogens (tertiary/aromatic N) is 3. The summed E-state index contributed by atoms with van der Waals surface area (Å²) >= 11 is 0. The van der Waals surface area contributed by atoms with Gasteiger partial charge < -0.3 is 20.3 Å². The fourth-order valence-electron chi connectivity index (χ4n) is 5.85. The number of nitrogen functional groups attached to an aromatic ring is 1. The molecule has 3 aliphatic heterocycles. The maximum Gasteiger partial charge on any atom is 0.228 e. The first-order valence-electron chi connectivity index (χ1n) is 11.6. The predicted molar refractivity (Wildman–Crippen MR) is 134 cm³/mol. The molecule has 5 heteroatoms. The van der Waals surface area contributed by atoms with E-state index in [0.29, 0.717) is 0 Å². The van der Waals surface area contributed by atoms with Gasteiger partial charge in [0.25, 0.3) is 0 Å². The van der Waals surface area contributed by atoms with Crippen LogP contribution in [0, 0.1) is 0 Å². The number of piperidine rings is 1. The number of rotatable bonds is 1. The molecule has 0 aromatic heterocycles. The Labute approximate surface area is 189 Å². The summed E-state index contributed by atoms with van der Waals surface area (Å²) < 4.78 is 6.98. The van der Waals surface area contributed by atoms with E-state index >= 15 is 0 Å². The lowest BCUT2D eigenvalue weighted by molar-refractivity contribution is 0.0827. The van der Waals surface area contributed by atoms with Crippen molar-refractivity contribution in [2.75, 3.05) is 35.7 Å². The average molecular weight is 427 g/mol. The molecule has 32 heavy (non-hydrogen) atoms. The highest BCUT2D eigenvalue weighted by molar-refractivity contribution is 6.06. The number of benzene rings is 3. The molecule has 1 saturated heterocycles. The molecular formula is C27H30N4O. The molecule has 5 nitrogen and oxygen atoms in total. The Kier molecular flexibility index (Phi) is 4.04. The van der Waals surface area contributed by atoms with E-state index in [9.17, 15) is 0 Å².